The lowest BCUT2D eigenvalue weighted by Gasteiger charge is -2.37. The van der Waals surface area contributed by atoms with Gasteiger partial charge in [-0.1, -0.05) is 26.8 Å². The van der Waals surface area contributed by atoms with Gasteiger partial charge >= 0.3 is 0 Å². The number of hydrogen-bond donors (Lipinski definition) is 0. The monoisotopic (exact) mass is 258 g/mol. The highest BCUT2D eigenvalue weighted by Gasteiger charge is 2.37. The highest BCUT2D eigenvalue weighted by atomic mass is 28.4. The molecule has 17 heavy (non-hydrogen) atoms. The molecule has 0 saturated heterocycles. The Kier molecular flexibility index (Phi) is 6.90. The van der Waals surface area contributed by atoms with Crippen LogP contribution < -0.4 is 0 Å². The third kappa shape index (κ3) is 6.15. The van der Waals surface area contributed by atoms with E-state index in [2.05, 4.69) is 40.4 Å². The molecule has 4 heteroatoms. The Hall–Kier alpha value is -0.453. The Morgan fingerprint density at radius 1 is 1.29 bits per heavy atom. The molecule has 3 nitrogen and oxygen atoms in total. The molecule has 0 aromatic carbocycles. The van der Waals surface area contributed by atoms with Crippen LogP contribution in [0.25, 0.3) is 0 Å². The summed E-state index contributed by atoms with van der Waals surface area (Å²) in [6.07, 6.45) is 2.59. The summed E-state index contributed by atoms with van der Waals surface area (Å²) >= 11 is 0. The van der Waals surface area contributed by atoms with E-state index in [1.165, 1.54) is 0 Å². The Labute approximate surface area is 106 Å². The number of ether oxygens (including phenoxy) is 1. The molecule has 0 aliphatic rings. The van der Waals surface area contributed by atoms with E-state index in [1.54, 1.807) is 0 Å². The number of aldehydes is 1. The van der Waals surface area contributed by atoms with Crippen LogP contribution in [0, 0.1) is 5.92 Å². The summed E-state index contributed by atoms with van der Waals surface area (Å²) in [4.78, 5) is 10.1. The minimum absolute atomic E-state index is 0.143. The van der Waals surface area contributed by atoms with Crippen molar-refractivity contribution in [1.82, 2.24) is 0 Å². The summed E-state index contributed by atoms with van der Waals surface area (Å²) in [5.41, 5.74) is 0. The van der Waals surface area contributed by atoms with E-state index in [-0.39, 0.29) is 17.6 Å². The Balaban J connectivity index is 4.14. The van der Waals surface area contributed by atoms with Crippen molar-refractivity contribution in [2.24, 2.45) is 5.92 Å². The summed E-state index contributed by atoms with van der Waals surface area (Å²) in [6, 6.07) is 0. The van der Waals surface area contributed by atoms with Crippen molar-refractivity contribution < 1.29 is 14.0 Å². The van der Waals surface area contributed by atoms with E-state index in [9.17, 15) is 4.79 Å². The SMILES string of the molecule is C=CC(COCC=O)CO[Si](C)(C)C(C)(C)C. The van der Waals surface area contributed by atoms with E-state index in [1.807, 2.05) is 6.08 Å². The maximum atomic E-state index is 10.1. The molecule has 0 radical (unpaired) electrons. The summed E-state index contributed by atoms with van der Waals surface area (Å²) in [7, 11) is -1.70. The van der Waals surface area contributed by atoms with Crippen molar-refractivity contribution in [2.75, 3.05) is 19.8 Å². The molecule has 0 aliphatic carbocycles. The van der Waals surface area contributed by atoms with Gasteiger partial charge in [-0.05, 0) is 18.1 Å². The number of carbonyl (C=O) groups is 1. The predicted octanol–water partition coefficient (Wildman–Crippen LogP) is 3.03. The van der Waals surface area contributed by atoms with Gasteiger partial charge in [-0.3, -0.25) is 0 Å². The van der Waals surface area contributed by atoms with Crippen LogP contribution in [0.5, 0.6) is 0 Å². The summed E-state index contributed by atoms with van der Waals surface area (Å²) in [6.45, 7) is 16.1. The highest BCUT2D eigenvalue weighted by Crippen LogP contribution is 2.36. The maximum Gasteiger partial charge on any atom is 0.192 e. The van der Waals surface area contributed by atoms with Crippen molar-refractivity contribution >= 4 is 14.6 Å². The van der Waals surface area contributed by atoms with E-state index in [0.717, 1.165) is 6.29 Å². The van der Waals surface area contributed by atoms with Crippen LogP contribution in [0.4, 0.5) is 0 Å². The largest absolute Gasteiger partial charge is 0.416 e. The molecule has 0 N–H and O–H groups in total. The predicted molar refractivity (Wildman–Crippen MR) is 73.7 cm³/mol. The van der Waals surface area contributed by atoms with Crippen LogP contribution in [-0.2, 0) is 14.0 Å². The first-order chi connectivity index (χ1) is 7.74. The molecule has 0 heterocycles. The van der Waals surface area contributed by atoms with Crippen LogP contribution >= 0.6 is 0 Å². The zero-order valence-electron chi connectivity index (χ0n) is 11.8. The van der Waals surface area contributed by atoms with Crippen LogP contribution in [-0.4, -0.2) is 34.4 Å². The zero-order valence-corrected chi connectivity index (χ0v) is 12.8. The standard InChI is InChI=1S/C13H26O3Si/c1-7-12(10-15-9-8-14)11-16-17(5,6)13(2,3)4/h7-8,12H,1,9-11H2,2-6H3. The third-order valence-corrected chi connectivity index (χ3v) is 7.82. The zero-order chi connectivity index (χ0) is 13.5. The molecule has 0 aliphatic heterocycles. The van der Waals surface area contributed by atoms with E-state index in [0.29, 0.717) is 13.2 Å². The fourth-order valence-corrected chi connectivity index (χ4v) is 2.05. The van der Waals surface area contributed by atoms with Gasteiger partial charge in [-0.2, -0.15) is 0 Å². The van der Waals surface area contributed by atoms with Crippen molar-refractivity contribution in [3.63, 3.8) is 0 Å². The van der Waals surface area contributed by atoms with Crippen LogP contribution in [0.2, 0.25) is 18.1 Å². The number of rotatable bonds is 8. The minimum atomic E-state index is -1.70. The smallest absolute Gasteiger partial charge is 0.192 e. The average Bonchev–Trinajstić information content (AvgIpc) is 2.21. The van der Waals surface area contributed by atoms with E-state index < -0.39 is 8.32 Å². The first-order valence-electron chi connectivity index (χ1n) is 6.02. The summed E-state index contributed by atoms with van der Waals surface area (Å²) in [5, 5.41) is 0.211. The molecule has 0 rings (SSSR count). The van der Waals surface area contributed by atoms with Gasteiger partial charge in [0.25, 0.3) is 0 Å². The second-order valence-corrected chi connectivity index (χ2v) is 10.6. The second kappa shape index (κ2) is 7.09. The lowest BCUT2D eigenvalue weighted by Crippen LogP contribution is -2.42. The molecular formula is C13H26O3Si. The minimum Gasteiger partial charge on any atom is -0.416 e. The fraction of sp³-hybridized carbons (Fsp3) is 0.769. The molecule has 0 bridgehead atoms. The quantitative estimate of drug-likeness (QED) is 0.290. The molecule has 1 atom stereocenters. The van der Waals surface area contributed by atoms with Crippen molar-refractivity contribution in [1.29, 1.82) is 0 Å². The fourth-order valence-electron chi connectivity index (χ4n) is 0.984. The normalized spacial score (nSPS) is 14.4. The summed E-state index contributed by atoms with van der Waals surface area (Å²) < 4.78 is 11.3. The molecular weight excluding hydrogens is 232 g/mol. The molecule has 0 fully saturated rings. The van der Waals surface area contributed by atoms with Gasteiger partial charge in [0.2, 0.25) is 0 Å². The van der Waals surface area contributed by atoms with Crippen molar-refractivity contribution in [3.05, 3.63) is 12.7 Å². The topological polar surface area (TPSA) is 35.5 Å². The second-order valence-electron chi connectivity index (χ2n) is 5.77. The van der Waals surface area contributed by atoms with Gasteiger partial charge in [-0.15, -0.1) is 6.58 Å². The van der Waals surface area contributed by atoms with Crippen LogP contribution in [0.3, 0.4) is 0 Å². The summed E-state index contributed by atoms with van der Waals surface area (Å²) in [5.74, 6) is 0.157. The molecule has 100 valence electrons. The Morgan fingerprint density at radius 3 is 2.29 bits per heavy atom. The van der Waals surface area contributed by atoms with E-state index >= 15 is 0 Å². The first-order valence-corrected chi connectivity index (χ1v) is 8.93. The molecule has 1 unspecified atom stereocenters. The van der Waals surface area contributed by atoms with Gasteiger partial charge in [0.05, 0.1) is 6.61 Å². The van der Waals surface area contributed by atoms with Gasteiger partial charge in [0, 0.05) is 12.5 Å². The van der Waals surface area contributed by atoms with Crippen LogP contribution in [0.1, 0.15) is 20.8 Å². The first kappa shape index (κ1) is 16.5. The molecule has 0 saturated carbocycles. The van der Waals surface area contributed by atoms with E-state index in [4.69, 9.17) is 9.16 Å². The third-order valence-electron chi connectivity index (χ3n) is 3.32. The number of carbonyl (C=O) groups excluding carboxylic acids is 1. The lowest BCUT2D eigenvalue weighted by molar-refractivity contribution is -0.112. The average molecular weight is 258 g/mol. The molecule has 0 amide bonds. The molecule has 0 aromatic rings. The Bertz CT molecular complexity index is 244. The van der Waals surface area contributed by atoms with Crippen molar-refractivity contribution in [2.45, 2.75) is 38.9 Å². The van der Waals surface area contributed by atoms with Crippen LogP contribution in [0.15, 0.2) is 12.7 Å². The van der Waals surface area contributed by atoms with Gasteiger partial charge in [-0.25, -0.2) is 0 Å². The maximum absolute atomic E-state index is 10.1. The van der Waals surface area contributed by atoms with Gasteiger partial charge in [0.1, 0.15) is 12.9 Å². The van der Waals surface area contributed by atoms with Crippen molar-refractivity contribution in [3.8, 4) is 0 Å². The lowest BCUT2D eigenvalue weighted by atomic mass is 10.2. The van der Waals surface area contributed by atoms with Gasteiger partial charge < -0.3 is 14.0 Å². The molecule has 0 spiro atoms. The molecule has 0 aromatic heterocycles. The number of hydrogen-bond acceptors (Lipinski definition) is 3. The van der Waals surface area contributed by atoms with Gasteiger partial charge in [0.15, 0.2) is 8.32 Å². The highest BCUT2D eigenvalue weighted by molar-refractivity contribution is 6.74. The Morgan fingerprint density at radius 2 is 1.88 bits per heavy atom.